The number of alkyl carbamates (subject to hydrolysis) is 1. The van der Waals surface area contributed by atoms with Crippen LogP contribution in [0.3, 0.4) is 0 Å². The number of hydrogen-bond acceptors (Lipinski definition) is 6. The highest BCUT2D eigenvalue weighted by Crippen LogP contribution is 2.22. The molecule has 1 aliphatic heterocycles. The summed E-state index contributed by atoms with van der Waals surface area (Å²) in [6.45, 7) is 12.3. The highest BCUT2D eigenvalue weighted by Gasteiger charge is 2.19. The van der Waals surface area contributed by atoms with Gasteiger partial charge in [-0.1, -0.05) is 36.4 Å². The number of rotatable bonds is 10. The Labute approximate surface area is 203 Å². The monoisotopic (exact) mass is 490 g/mol. The smallest absolute Gasteiger partial charge is 0.407 e. The molecule has 3 rings (SSSR count). The van der Waals surface area contributed by atoms with Crippen molar-refractivity contribution in [3.8, 4) is 0 Å². The lowest BCUT2D eigenvalue weighted by Gasteiger charge is -2.34. The van der Waals surface area contributed by atoms with Crippen molar-refractivity contribution in [2.24, 2.45) is 0 Å². The number of hydrogen-bond donors (Lipinski definition) is 2. The molecule has 0 bridgehead atoms. The van der Waals surface area contributed by atoms with Gasteiger partial charge in [0.15, 0.2) is 0 Å². The first kappa shape index (κ1) is 26.4. The molecule has 0 aliphatic carbocycles. The molecule has 1 heterocycles. The molecule has 0 atom stereocenters. The Morgan fingerprint density at radius 3 is 2.15 bits per heavy atom. The average Bonchev–Trinajstić information content (AvgIpc) is 2.79. The molecule has 188 valence electrons. The van der Waals surface area contributed by atoms with Crippen LogP contribution in [0.4, 0.5) is 4.79 Å². The number of piperazine rings is 1. The van der Waals surface area contributed by atoms with Crippen LogP contribution in [0.15, 0.2) is 47.4 Å². The number of amides is 1. The van der Waals surface area contributed by atoms with Gasteiger partial charge in [0.25, 0.3) is 0 Å². The van der Waals surface area contributed by atoms with E-state index in [9.17, 15) is 13.2 Å². The minimum atomic E-state index is -3.54. The number of ether oxygens (including phenoxy) is 1. The van der Waals surface area contributed by atoms with Gasteiger partial charge in [-0.15, -0.1) is 0 Å². The van der Waals surface area contributed by atoms with Crippen LogP contribution in [0.5, 0.6) is 0 Å². The van der Waals surface area contributed by atoms with Gasteiger partial charge in [-0.25, -0.2) is 17.9 Å². The lowest BCUT2D eigenvalue weighted by Crippen LogP contribution is -2.47. The molecular weight excluding hydrogens is 452 g/mol. The maximum atomic E-state index is 12.8. The second-order valence-electron chi connectivity index (χ2n) is 9.69. The first-order valence-electron chi connectivity index (χ1n) is 12.0. The van der Waals surface area contributed by atoms with E-state index in [4.69, 9.17) is 4.74 Å². The van der Waals surface area contributed by atoms with Gasteiger partial charge < -0.3 is 19.9 Å². The zero-order chi connectivity index (χ0) is 24.6. The number of sulfonamides is 1. The summed E-state index contributed by atoms with van der Waals surface area (Å²) in [4.78, 5) is 16.8. The molecule has 0 spiro atoms. The maximum Gasteiger partial charge on any atom is 0.407 e. The lowest BCUT2D eigenvalue weighted by atomic mass is 10.1. The molecule has 1 fully saturated rings. The fourth-order valence-electron chi connectivity index (χ4n) is 4.06. The second-order valence-corrected chi connectivity index (χ2v) is 11.4. The molecule has 34 heavy (non-hydrogen) atoms. The first-order chi connectivity index (χ1) is 16.1. The van der Waals surface area contributed by atoms with Crippen LogP contribution in [-0.4, -0.2) is 82.3 Å². The minimum absolute atomic E-state index is 0.334. The molecule has 1 amide bonds. The molecule has 0 unspecified atom stereocenters. The van der Waals surface area contributed by atoms with E-state index in [1.807, 2.05) is 51.1 Å². The summed E-state index contributed by atoms with van der Waals surface area (Å²) < 4.78 is 33.6. The summed E-state index contributed by atoms with van der Waals surface area (Å²) in [6.07, 6.45) is 1.28. The molecule has 2 N–H and O–H groups in total. The molecule has 2 aromatic carbocycles. The molecule has 0 radical (unpaired) electrons. The fourth-order valence-corrected chi connectivity index (χ4v) is 5.36. The molecule has 1 saturated heterocycles. The van der Waals surface area contributed by atoms with Gasteiger partial charge in [0.2, 0.25) is 10.0 Å². The van der Waals surface area contributed by atoms with Crippen LogP contribution >= 0.6 is 0 Å². The van der Waals surface area contributed by atoms with Gasteiger partial charge in [-0.05, 0) is 58.2 Å². The average molecular weight is 491 g/mol. The van der Waals surface area contributed by atoms with E-state index in [1.54, 1.807) is 12.1 Å². The molecule has 8 nitrogen and oxygen atoms in total. The Morgan fingerprint density at radius 1 is 0.912 bits per heavy atom. The van der Waals surface area contributed by atoms with Gasteiger partial charge in [0.05, 0.1) is 4.90 Å². The minimum Gasteiger partial charge on any atom is -0.444 e. The summed E-state index contributed by atoms with van der Waals surface area (Å²) in [7, 11) is -3.54. The van der Waals surface area contributed by atoms with Crippen molar-refractivity contribution in [3.63, 3.8) is 0 Å². The van der Waals surface area contributed by atoms with Crippen molar-refractivity contribution in [3.05, 3.63) is 42.5 Å². The van der Waals surface area contributed by atoms with Crippen LogP contribution in [0, 0.1) is 0 Å². The molecule has 0 saturated carbocycles. The van der Waals surface area contributed by atoms with Gasteiger partial charge in [-0.2, -0.15) is 0 Å². The molecule has 2 aromatic rings. The first-order valence-corrected chi connectivity index (χ1v) is 13.5. The highest BCUT2D eigenvalue weighted by atomic mass is 32.2. The number of benzene rings is 2. The summed E-state index contributed by atoms with van der Waals surface area (Å²) in [5, 5.41) is 4.47. The van der Waals surface area contributed by atoms with Crippen molar-refractivity contribution in [1.29, 1.82) is 0 Å². The Hall–Kier alpha value is -2.20. The second kappa shape index (κ2) is 12.0. The normalized spacial score (nSPS) is 16.0. The van der Waals surface area contributed by atoms with Crippen LogP contribution in [-0.2, 0) is 14.8 Å². The number of fused-ring (bicyclic) bond motifs is 1. The zero-order valence-electron chi connectivity index (χ0n) is 20.5. The largest absolute Gasteiger partial charge is 0.444 e. The Morgan fingerprint density at radius 2 is 1.50 bits per heavy atom. The third-order valence-corrected chi connectivity index (χ3v) is 7.29. The van der Waals surface area contributed by atoms with Crippen molar-refractivity contribution < 1.29 is 17.9 Å². The Balaban J connectivity index is 1.31. The van der Waals surface area contributed by atoms with Crippen molar-refractivity contribution in [2.75, 3.05) is 52.4 Å². The van der Waals surface area contributed by atoms with E-state index in [1.165, 1.54) is 0 Å². The Bertz CT molecular complexity index is 1040. The topological polar surface area (TPSA) is 91.0 Å². The lowest BCUT2D eigenvalue weighted by molar-refractivity contribution is 0.0524. The van der Waals surface area contributed by atoms with E-state index >= 15 is 0 Å². The highest BCUT2D eigenvalue weighted by molar-refractivity contribution is 7.89. The van der Waals surface area contributed by atoms with E-state index in [0.717, 1.165) is 62.9 Å². The van der Waals surface area contributed by atoms with E-state index in [-0.39, 0.29) is 6.09 Å². The van der Waals surface area contributed by atoms with Crippen molar-refractivity contribution >= 4 is 26.9 Å². The number of carbonyl (C=O) groups is 1. The molecule has 1 aliphatic rings. The summed E-state index contributed by atoms with van der Waals surface area (Å²) in [5.74, 6) is 0. The molecular formula is C25H38N4O4S. The van der Waals surface area contributed by atoms with Gasteiger partial charge in [0.1, 0.15) is 5.60 Å². The standard InChI is InChI=1S/C25H38N4O4S/c1-25(2,3)33-24(30)26-13-7-15-28-17-19-29(20-18-28)16-8-14-27-34(31,32)23-12-6-10-21-9-4-5-11-22(21)23/h4-6,9-12,27H,7-8,13-20H2,1-3H3,(H,26,30). The van der Waals surface area contributed by atoms with Crippen molar-refractivity contribution in [1.82, 2.24) is 19.8 Å². The van der Waals surface area contributed by atoms with Gasteiger partial charge in [-0.3, -0.25) is 0 Å². The number of carbonyl (C=O) groups excluding carboxylic acids is 1. The summed E-state index contributed by atoms with van der Waals surface area (Å²) in [6, 6.07) is 12.9. The summed E-state index contributed by atoms with van der Waals surface area (Å²) >= 11 is 0. The predicted octanol–water partition coefficient (Wildman–Crippen LogP) is 3.04. The Kier molecular flexibility index (Phi) is 9.30. The van der Waals surface area contributed by atoms with Crippen LogP contribution in [0.2, 0.25) is 0 Å². The quantitative estimate of drug-likeness (QED) is 0.498. The van der Waals surface area contributed by atoms with E-state index in [2.05, 4.69) is 19.8 Å². The zero-order valence-corrected chi connectivity index (χ0v) is 21.4. The summed E-state index contributed by atoms with van der Waals surface area (Å²) in [5.41, 5.74) is -0.476. The van der Waals surface area contributed by atoms with Crippen molar-refractivity contribution in [2.45, 2.75) is 44.1 Å². The maximum absolute atomic E-state index is 12.8. The predicted molar refractivity (Wildman–Crippen MR) is 135 cm³/mol. The van der Waals surface area contributed by atoms with Crippen LogP contribution in [0.25, 0.3) is 10.8 Å². The molecule has 0 aromatic heterocycles. The third kappa shape index (κ3) is 8.23. The third-order valence-electron chi connectivity index (χ3n) is 5.77. The number of nitrogens with zero attached hydrogens (tertiary/aromatic N) is 2. The van der Waals surface area contributed by atoms with Crippen LogP contribution in [0.1, 0.15) is 33.6 Å². The number of nitrogens with one attached hydrogen (secondary N) is 2. The molecule has 9 heteroatoms. The fraction of sp³-hybridized carbons (Fsp3) is 0.560. The van der Waals surface area contributed by atoms with Gasteiger partial charge >= 0.3 is 6.09 Å². The van der Waals surface area contributed by atoms with E-state index < -0.39 is 15.6 Å². The SMILES string of the molecule is CC(C)(C)OC(=O)NCCCN1CCN(CCCNS(=O)(=O)c2cccc3ccccc23)CC1. The van der Waals surface area contributed by atoms with Crippen LogP contribution < -0.4 is 10.0 Å². The van der Waals surface area contributed by atoms with Gasteiger partial charge in [0, 0.05) is 44.7 Å². The van der Waals surface area contributed by atoms with E-state index in [0.29, 0.717) is 18.0 Å².